The van der Waals surface area contributed by atoms with Crippen molar-refractivity contribution in [3.8, 4) is 11.5 Å². The lowest BCUT2D eigenvalue weighted by Crippen LogP contribution is -2.32. The fourth-order valence-electron chi connectivity index (χ4n) is 2.30. The summed E-state index contributed by atoms with van der Waals surface area (Å²) in [4.78, 5) is 12.6. The molecular weight excluding hydrogens is 326 g/mol. The quantitative estimate of drug-likeness (QED) is 0.819. The Morgan fingerprint density at radius 3 is 2.58 bits per heavy atom. The normalized spacial score (nSPS) is 11.7. The van der Waals surface area contributed by atoms with E-state index in [-0.39, 0.29) is 5.91 Å². The predicted octanol–water partition coefficient (Wildman–Crippen LogP) is 4.76. The lowest BCUT2D eigenvalue weighted by atomic mass is 10.1. The number of halogens is 1. The number of methoxy groups -OCH3 is 1. The number of aryl methyl sites for hydroxylation is 2. The second kappa shape index (κ2) is 8.06. The molecule has 0 aromatic heterocycles. The van der Waals surface area contributed by atoms with Crippen LogP contribution in [0, 0.1) is 13.8 Å². The topological polar surface area (TPSA) is 47.6 Å². The van der Waals surface area contributed by atoms with Crippen LogP contribution in [0.5, 0.6) is 11.5 Å². The molecule has 128 valence electrons. The summed E-state index contributed by atoms with van der Waals surface area (Å²) in [5.41, 5.74) is 2.60. The molecule has 1 atom stereocenters. The van der Waals surface area contributed by atoms with Crippen molar-refractivity contribution >= 4 is 23.2 Å². The highest BCUT2D eigenvalue weighted by molar-refractivity contribution is 6.31. The van der Waals surface area contributed by atoms with Crippen molar-refractivity contribution in [2.75, 3.05) is 12.4 Å². The van der Waals surface area contributed by atoms with Crippen LogP contribution in [-0.2, 0) is 4.79 Å². The molecule has 0 spiro atoms. The molecule has 0 aliphatic rings. The van der Waals surface area contributed by atoms with E-state index in [0.717, 1.165) is 16.9 Å². The molecule has 2 aromatic rings. The zero-order chi connectivity index (χ0) is 17.7. The molecule has 1 N–H and O–H groups in total. The highest BCUT2D eigenvalue weighted by atomic mass is 35.5. The first-order valence-corrected chi connectivity index (χ1v) is 8.20. The van der Waals surface area contributed by atoms with Crippen LogP contribution in [0.2, 0.25) is 5.02 Å². The Kier molecular flexibility index (Phi) is 6.10. The zero-order valence-corrected chi connectivity index (χ0v) is 15.1. The summed E-state index contributed by atoms with van der Waals surface area (Å²) in [6.07, 6.45) is -0.0589. The van der Waals surface area contributed by atoms with E-state index in [0.29, 0.717) is 22.9 Å². The van der Waals surface area contributed by atoms with Gasteiger partial charge in [0.05, 0.1) is 12.8 Å². The lowest BCUT2D eigenvalue weighted by molar-refractivity contribution is -0.122. The van der Waals surface area contributed by atoms with E-state index in [1.165, 1.54) is 0 Å². The molecule has 5 heteroatoms. The Hall–Kier alpha value is -2.20. The third-order valence-electron chi connectivity index (χ3n) is 3.70. The number of benzene rings is 2. The summed E-state index contributed by atoms with van der Waals surface area (Å²) in [7, 11) is 1.54. The summed E-state index contributed by atoms with van der Waals surface area (Å²) < 4.78 is 11.2. The second-order valence-corrected chi connectivity index (χ2v) is 6.05. The van der Waals surface area contributed by atoms with Gasteiger partial charge in [-0.15, -0.1) is 0 Å². The predicted molar refractivity (Wildman–Crippen MR) is 97.3 cm³/mol. The highest BCUT2D eigenvalue weighted by Gasteiger charge is 2.21. The first kappa shape index (κ1) is 18.1. The summed E-state index contributed by atoms with van der Waals surface area (Å²) >= 11 is 6.00. The molecule has 4 nitrogen and oxygen atoms in total. The SMILES string of the molecule is CC[C@H](Oc1cc(C)ccc1C)C(=O)Nc1cc(Cl)ccc1OC. The van der Waals surface area contributed by atoms with Gasteiger partial charge in [0.1, 0.15) is 11.5 Å². The van der Waals surface area contributed by atoms with Gasteiger partial charge in [-0.1, -0.05) is 30.7 Å². The number of hydrogen-bond donors (Lipinski definition) is 1. The molecule has 0 fully saturated rings. The van der Waals surface area contributed by atoms with Crippen molar-refractivity contribution in [1.29, 1.82) is 0 Å². The van der Waals surface area contributed by atoms with Crippen molar-refractivity contribution < 1.29 is 14.3 Å². The van der Waals surface area contributed by atoms with E-state index >= 15 is 0 Å². The van der Waals surface area contributed by atoms with Crippen molar-refractivity contribution in [3.63, 3.8) is 0 Å². The average molecular weight is 348 g/mol. The molecule has 0 radical (unpaired) electrons. The fourth-order valence-corrected chi connectivity index (χ4v) is 2.47. The van der Waals surface area contributed by atoms with E-state index in [4.69, 9.17) is 21.1 Å². The largest absolute Gasteiger partial charge is 0.495 e. The maximum absolute atomic E-state index is 12.6. The van der Waals surface area contributed by atoms with Crippen LogP contribution >= 0.6 is 11.6 Å². The van der Waals surface area contributed by atoms with Gasteiger partial charge in [-0.25, -0.2) is 0 Å². The van der Waals surface area contributed by atoms with Crippen molar-refractivity contribution in [1.82, 2.24) is 0 Å². The summed E-state index contributed by atoms with van der Waals surface area (Å²) in [6.45, 7) is 5.86. The summed E-state index contributed by atoms with van der Waals surface area (Å²) in [6, 6.07) is 11.0. The van der Waals surface area contributed by atoms with Gasteiger partial charge in [0.2, 0.25) is 0 Å². The monoisotopic (exact) mass is 347 g/mol. The maximum atomic E-state index is 12.6. The number of anilines is 1. The van der Waals surface area contributed by atoms with Crippen LogP contribution in [0.15, 0.2) is 36.4 Å². The van der Waals surface area contributed by atoms with Crippen LogP contribution in [-0.4, -0.2) is 19.1 Å². The van der Waals surface area contributed by atoms with Crippen molar-refractivity contribution in [3.05, 3.63) is 52.5 Å². The minimum Gasteiger partial charge on any atom is -0.495 e. The van der Waals surface area contributed by atoms with E-state index in [2.05, 4.69) is 5.32 Å². The van der Waals surface area contributed by atoms with Crippen molar-refractivity contribution in [2.45, 2.75) is 33.3 Å². The molecular formula is C19H22ClNO3. The number of amides is 1. The molecule has 2 aromatic carbocycles. The standard InChI is InChI=1S/C19H22ClNO3/c1-5-16(24-18-10-12(2)6-7-13(18)3)19(22)21-15-11-14(20)8-9-17(15)23-4/h6-11,16H,5H2,1-4H3,(H,21,22)/t16-/m0/s1. The molecule has 0 unspecified atom stereocenters. The van der Waals surface area contributed by atoms with E-state index in [1.807, 2.05) is 39.0 Å². The number of rotatable bonds is 6. The van der Waals surface area contributed by atoms with Gasteiger partial charge in [-0.2, -0.15) is 0 Å². The average Bonchev–Trinajstić information content (AvgIpc) is 2.55. The highest BCUT2D eigenvalue weighted by Crippen LogP contribution is 2.28. The first-order chi connectivity index (χ1) is 11.4. The zero-order valence-electron chi connectivity index (χ0n) is 14.4. The maximum Gasteiger partial charge on any atom is 0.265 e. The Bertz CT molecular complexity index is 731. The first-order valence-electron chi connectivity index (χ1n) is 7.83. The number of carbonyl (C=O) groups is 1. The number of carbonyl (C=O) groups excluding carboxylic acids is 1. The van der Waals surface area contributed by atoms with Crippen LogP contribution in [0.4, 0.5) is 5.69 Å². The third kappa shape index (κ3) is 4.42. The molecule has 0 aliphatic carbocycles. The minimum absolute atomic E-state index is 0.237. The second-order valence-electron chi connectivity index (χ2n) is 5.62. The Morgan fingerprint density at radius 2 is 1.92 bits per heavy atom. The molecule has 0 saturated heterocycles. The van der Waals surface area contributed by atoms with Crippen LogP contribution in [0.1, 0.15) is 24.5 Å². The Labute approximate surface area is 147 Å². The Balaban J connectivity index is 2.17. The van der Waals surface area contributed by atoms with E-state index in [1.54, 1.807) is 25.3 Å². The third-order valence-corrected chi connectivity index (χ3v) is 3.93. The fraction of sp³-hybridized carbons (Fsp3) is 0.316. The van der Waals surface area contributed by atoms with Gasteiger partial charge < -0.3 is 14.8 Å². The molecule has 24 heavy (non-hydrogen) atoms. The minimum atomic E-state index is -0.603. The van der Waals surface area contributed by atoms with Gasteiger partial charge in [0.15, 0.2) is 6.10 Å². The van der Waals surface area contributed by atoms with Gasteiger partial charge >= 0.3 is 0 Å². The molecule has 0 aliphatic heterocycles. The number of nitrogens with one attached hydrogen (secondary N) is 1. The van der Waals surface area contributed by atoms with E-state index < -0.39 is 6.10 Å². The van der Waals surface area contributed by atoms with Gasteiger partial charge in [0, 0.05) is 5.02 Å². The van der Waals surface area contributed by atoms with Gasteiger partial charge in [-0.05, 0) is 55.7 Å². The molecule has 1 amide bonds. The number of hydrogen-bond acceptors (Lipinski definition) is 3. The van der Waals surface area contributed by atoms with Crippen LogP contribution in [0.3, 0.4) is 0 Å². The van der Waals surface area contributed by atoms with Crippen LogP contribution < -0.4 is 14.8 Å². The summed E-state index contributed by atoms with van der Waals surface area (Å²) in [5.74, 6) is 1.03. The molecule has 0 saturated carbocycles. The summed E-state index contributed by atoms with van der Waals surface area (Å²) in [5, 5.41) is 3.36. The molecule has 2 rings (SSSR count). The Morgan fingerprint density at radius 1 is 1.17 bits per heavy atom. The van der Waals surface area contributed by atoms with Crippen molar-refractivity contribution in [2.24, 2.45) is 0 Å². The van der Waals surface area contributed by atoms with Gasteiger partial charge in [0.25, 0.3) is 5.91 Å². The number of ether oxygens (including phenoxy) is 2. The molecule has 0 bridgehead atoms. The smallest absolute Gasteiger partial charge is 0.265 e. The van der Waals surface area contributed by atoms with E-state index in [9.17, 15) is 4.79 Å². The lowest BCUT2D eigenvalue weighted by Gasteiger charge is -2.20. The molecule has 0 heterocycles. The van der Waals surface area contributed by atoms with Crippen LogP contribution in [0.25, 0.3) is 0 Å². The van der Waals surface area contributed by atoms with Gasteiger partial charge in [-0.3, -0.25) is 4.79 Å².